The number of nitrogens with zero attached hydrogens (tertiary/aromatic N) is 1. The molecule has 0 spiro atoms. The lowest BCUT2D eigenvalue weighted by Crippen LogP contribution is -2.53. The van der Waals surface area contributed by atoms with Crippen LogP contribution in [0.3, 0.4) is 0 Å². The minimum atomic E-state index is -0.573. The first-order valence-corrected chi connectivity index (χ1v) is 14.4. The summed E-state index contributed by atoms with van der Waals surface area (Å²) in [5, 5.41) is 3.31. The van der Waals surface area contributed by atoms with Crippen molar-refractivity contribution in [1.82, 2.24) is 10.2 Å². The van der Waals surface area contributed by atoms with E-state index in [-0.39, 0.29) is 23.6 Å². The summed E-state index contributed by atoms with van der Waals surface area (Å²) < 4.78 is 0. The van der Waals surface area contributed by atoms with Gasteiger partial charge in [0.15, 0.2) is 0 Å². The van der Waals surface area contributed by atoms with Crippen LogP contribution in [0.25, 0.3) is 0 Å². The van der Waals surface area contributed by atoms with Gasteiger partial charge in [0, 0.05) is 23.9 Å². The monoisotopic (exact) mass is 514 g/mol. The van der Waals surface area contributed by atoms with Crippen molar-refractivity contribution >= 4 is 23.6 Å². The molecule has 37 heavy (non-hydrogen) atoms. The van der Waals surface area contributed by atoms with Crippen LogP contribution in [0, 0.1) is 13.8 Å². The number of hydrogen-bond acceptors (Lipinski definition) is 3. The molecule has 0 radical (unpaired) electrons. The van der Waals surface area contributed by atoms with E-state index in [2.05, 4.69) is 55.6 Å². The fourth-order valence-corrected chi connectivity index (χ4v) is 5.75. The molecule has 3 aromatic rings. The van der Waals surface area contributed by atoms with E-state index in [0.717, 1.165) is 47.3 Å². The van der Waals surface area contributed by atoms with Gasteiger partial charge in [-0.2, -0.15) is 0 Å². The van der Waals surface area contributed by atoms with Gasteiger partial charge in [0.05, 0.1) is 5.75 Å². The average Bonchev–Trinajstić information content (AvgIpc) is 2.91. The fraction of sp³-hybridized carbons (Fsp3) is 0.375. The molecule has 4 nitrogen and oxygen atoms in total. The number of amides is 2. The molecular weight excluding hydrogens is 476 g/mol. The highest BCUT2D eigenvalue weighted by Crippen LogP contribution is 2.23. The van der Waals surface area contributed by atoms with Crippen LogP contribution in [0.15, 0.2) is 83.8 Å². The molecule has 1 aliphatic carbocycles. The topological polar surface area (TPSA) is 49.4 Å². The van der Waals surface area contributed by atoms with Gasteiger partial charge in [-0.1, -0.05) is 97.1 Å². The van der Waals surface area contributed by atoms with Crippen LogP contribution >= 0.6 is 11.8 Å². The molecule has 0 aromatic heterocycles. The Kier molecular flexibility index (Phi) is 9.84. The van der Waals surface area contributed by atoms with E-state index in [9.17, 15) is 9.59 Å². The molecule has 0 unspecified atom stereocenters. The Balaban J connectivity index is 1.60. The molecule has 2 amide bonds. The summed E-state index contributed by atoms with van der Waals surface area (Å²) in [6.07, 6.45) is 6.04. The van der Waals surface area contributed by atoms with Crippen molar-refractivity contribution in [3.63, 3.8) is 0 Å². The third-order valence-electron chi connectivity index (χ3n) is 7.04. The summed E-state index contributed by atoms with van der Waals surface area (Å²) >= 11 is 1.53. The van der Waals surface area contributed by atoms with E-state index in [1.54, 1.807) is 4.90 Å². The zero-order valence-corrected chi connectivity index (χ0v) is 22.8. The summed E-state index contributed by atoms with van der Waals surface area (Å²) in [7, 11) is 0. The molecule has 1 saturated carbocycles. The standard InChI is InChI=1S/C32H38N2O2S/c1-24-16-18-29(19-17-24)37-23-31(35)34(22-27-13-9-10-25(2)20-27)30(21-26-11-5-3-6-12-26)32(36)33-28-14-7-4-8-15-28/h3,5-6,9-13,16-20,28,30H,4,7-8,14-15,21-23H2,1-2H3,(H,33,36)/t30-/m0/s1. The van der Waals surface area contributed by atoms with Crippen molar-refractivity contribution in [2.75, 3.05) is 5.75 Å². The minimum Gasteiger partial charge on any atom is -0.352 e. The summed E-state index contributed by atoms with van der Waals surface area (Å²) in [5.41, 5.74) is 4.43. The van der Waals surface area contributed by atoms with Crippen LogP contribution in [-0.2, 0) is 22.6 Å². The predicted molar refractivity (Wildman–Crippen MR) is 153 cm³/mol. The first kappa shape index (κ1) is 27.0. The molecule has 0 saturated heterocycles. The third-order valence-corrected chi connectivity index (χ3v) is 8.04. The van der Waals surface area contributed by atoms with Gasteiger partial charge in [-0.25, -0.2) is 0 Å². The van der Waals surface area contributed by atoms with Gasteiger partial charge in [-0.15, -0.1) is 11.8 Å². The molecule has 0 heterocycles. The van der Waals surface area contributed by atoms with E-state index in [0.29, 0.717) is 13.0 Å². The van der Waals surface area contributed by atoms with Crippen molar-refractivity contribution in [3.05, 3.63) is 101 Å². The van der Waals surface area contributed by atoms with Crippen LogP contribution in [0.1, 0.15) is 54.4 Å². The first-order chi connectivity index (χ1) is 18.0. The molecule has 1 atom stereocenters. The molecule has 1 N–H and O–H groups in total. The number of nitrogens with one attached hydrogen (secondary N) is 1. The Morgan fingerprint density at radius 2 is 1.57 bits per heavy atom. The number of thioether (sulfide) groups is 1. The first-order valence-electron chi connectivity index (χ1n) is 13.4. The van der Waals surface area contributed by atoms with Crippen LogP contribution in [0.4, 0.5) is 0 Å². The van der Waals surface area contributed by atoms with E-state index in [1.165, 1.54) is 23.7 Å². The molecule has 4 rings (SSSR count). The summed E-state index contributed by atoms with van der Waals surface area (Å²) in [4.78, 5) is 30.5. The van der Waals surface area contributed by atoms with Crippen LogP contribution in [0.2, 0.25) is 0 Å². The lowest BCUT2D eigenvalue weighted by Gasteiger charge is -2.33. The van der Waals surface area contributed by atoms with Gasteiger partial charge < -0.3 is 10.2 Å². The zero-order chi connectivity index (χ0) is 26.0. The lowest BCUT2D eigenvalue weighted by molar-refractivity contribution is -0.139. The van der Waals surface area contributed by atoms with Crippen molar-refractivity contribution in [1.29, 1.82) is 0 Å². The van der Waals surface area contributed by atoms with Gasteiger partial charge in [-0.3, -0.25) is 9.59 Å². The highest BCUT2D eigenvalue weighted by molar-refractivity contribution is 8.00. The Hall–Kier alpha value is -3.05. The van der Waals surface area contributed by atoms with E-state index >= 15 is 0 Å². The molecule has 0 aliphatic heterocycles. The Bertz CT molecular complexity index is 1160. The van der Waals surface area contributed by atoms with Crippen molar-refractivity contribution in [3.8, 4) is 0 Å². The highest BCUT2D eigenvalue weighted by atomic mass is 32.2. The van der Waals surface area contributed by atoms with E-state index in [4.69, 9.17) is 0 Å². The molecule has 3 aromatic carbocycles. The van der Waals surface area contributed by atoms with Gasteiger partial charge >= 0.3 is 0 Å². The second-order valence-electron chi connectivity index (χ2n) is 10.2. The smallest absolute Gasteiger partial charge is 0.243 e. The highest BCUT2D eigenvalue weighted by Gasteiger charge is 2.32. The molecular formula is C32H38N2O2S. The summed E-state index contributed by atoms with van der Waals surface area (Å²) in [6.45, 7) is 4.52. The lowest BCUT2D eigenvalue weighted by atomic mass is 9.94. The normalized spacial score (nSPS) is 14.6. The predicted octanol–water partition coefficient (Wildman–Crippen LogP) is 6.48. The number of hydrogen-bond donors (Lipinski definition) is 1. The average molecular weight is 515 g/mol. The number of rotatable bonds is 10. The van der Waals surface area contributed by atoms with E-state index in [1.807, 2.05) is 42.5 Å². The van der Waals surface area contributed by atoms with E-state index < -0.39 is 6.04 Å². The van der Waals surface area contributed by atoms with Crippen molar-refractivity contribution in [2.45, 2.75) is 75.9 Å². The molecule has 0 bridgehead atoms. The third kappa shape index (κ3) is 8.22. The van der Waals surface area contributed by atoms with Gasteiger partial charge in [0.25, 0.3) is 0 Å². The molecule has 194 valence electrons. The van der Waals surface area contributed by atoms with Crippen LogP contribution in [-0.4, -0.2) is 34.6 Å². The van der Waals surface area contributed by atoms with Crippen molar-refractivity contribution in [2.24, 2.45) is 0 Å². The van der Waals surface area contributed by atoms with Gasteiger partial charge in [0.2, 0.25) is 11.8 Å². The molecule has 1 fully saturated rings. The Morgan fingerprint density at radius 1 is 0.865 bits per heavy atom. The maximum Gasteiger partial charge on any atom is 0.243 e. The van der Waals surface area contributed by atoms with Crippen LogP contribution in [0.5, 0.6) is 0 Å². The largest absolute Gasteiger partial charge is 0.352 e. The van der Waals surface area contributed by atoms with Gasteiger partial charge in [-0.05, 0) is 49.9 Å². The number of carbonyl (C=O) groups is 2. The SMILES string of the molecule is Cc1ccc(SCC(=O)N(Cc2cccc(C)c2)[C@@H](Cc2ccccc2)C(=O)NC2CCCCC2)cc1. The molecule has 5 heteroatoms. The second-order valence-corrected chi connectivity index (χ2v) is 11.2. The molecule has 1 aliphatic rings. The van der Waals surface area contributed by atoms with Crippen LogP contribution < -0.4 is 5.32 Å². The second kappa shape index (κ2) is 13.5. The number of carbonyl (C=O) groups excluding carboxylic acids is 2. The zero-order valence-electron chi connectivity index (χ0n) is 22.0. The Morgan fingerprint density at radius 3 is 2.27 bits per heavy atom. The number of aryl methyl sites for hydroxylation is 2. The minimum absolute atomic E-state index is 0.0215. The Labute approximate surface area is 225 Å². The maximum absolute atomic E-state index is 13.8. The number of benzene rings is 3. The van der Waals surface area contributed by atoms with Crippen molar-refractivity contribution < 1.29 is 9.59 Å². The quantitative estimate of drug-likeness (QED) is 0.315. The fourth-order valence-electron chi connectivity index (χ4n) is 4.97. The summed E-state index contributed by atoms with van der Waals surface area (Å²) in [5.74, 6) is 0.223. The maximum atomic E-state index is 13.8. The summed E-state index contributed by atoms with van der Waals surface area (Å²) in [6, 6.07) is 26.1. The van der Waals surface area contributed by atoms with Gasteiger partial charge in [0.1, 0.15) is 6.04 Å².